The van der Waals surface area contributed by atoms with Crippen molar-refractivity contribution in [2.24, 2.45) is 11.3 Å². The first kappa shape index (κ1) is 11.1. The molecule has 1 aromatic heterocycles. The molecule has 0 bridgehead atoms. The third-order valence-electron chi connectivity index (χ3n) is 4.87. The molecule has 1 N–H and O–H groups in total. The van der Waals surface area contributed by atoms with Gasteiger partial charge in [0.25, 0.3) is 0 Å². The van der Waals surface area contributed by atoms with E-state index in [-0.39, 0.29) is 11.5 Å². The summed E-state index contributed by atoms with van der Waals surface area (Å²) < 4.78 is 5.67. The van der Waals surface area contributed by atoms with Gasteiger partial charge in [0.1, 0.15) is 5.76 Å². The van der Waals surface area contributed by atoms with Gasteiger partial charge in [-0.25, -0.2) is 0 Å². The lowest BCUT2D eigenvalue weighted by molar-refractivity contribution is 0.0635. The molecule has 0 spiro atoms. The van der Waals surface area contributed by atoms with Gasteiger partial charge in [-0.3, -0.25) is 0 Å². The van der Waals surface area contributed by atoms with Crippen LogP contribution < -0.4 is 0 Å². The molecule has 0 radical (unpaired) electrons. The zero-order chi connectivity index (χ0) is 12.2. The first-order chi connectivity index (χ1) is 8.01. The molecule has 2 heteroatoms. The molecule has 2 nitrogen and oxygen atoms in total. The van der Waals surface area contributed by atoms with Crippen molar-refractivity contribution in [3.8, 4) is 0 Å². The molecule has 3 atom stereocenters. The SMILES string of the molecule is C=C1[C@H](O)CC[C@]2(C)Cc3occ(C)c3C[C@@H]12. The molecule has 17 heavy (non-hydrogen) atoms. The van der Waals surface area contributed by atoms with Crippen molar-refractivity contribution in [1.29, 1.82) is 0 Å². The van der Waals surface area contributed by atoms with E-state index in [2.05, 4.69) is 20.4 Å². The molecule has 1 aromatic rings. The minimum absolute atomic E-state index is 0.230. The van der Waals surface area contributed by atoms with Crippen LogP contribution in [0, 0.1) is 18.3 Å². The summed E-state index contributed by atoms with van der Waals surface area (Å²) in [5.74, 6) is 1.57. The minimum Gasteiger partial charge on any atom is -0.469 e. The molecule has 2 aliphatic rings. The topological polar surface area (TPSA) is 33.4 Å². The summed E-state index contributed by atoms with van der Waals surface area (Å²) >= 11 is 0. The van der Waals surface area contributed by atoms with Crippen molar-refractivity contribution in [2.75, 3.05) is 0 Å². The molecule has 0 unspecified atom stereocenters. The van der Waals surface area contributed by atoms with Gasteiger partial charge in [-0.15, -0.1) is 0 Å². The number of aryl methyl sites for hydroxylation is 1. The van der Waals surface area contributed by atoms with E-state index in [9.17, 15) is 5.11 Å². The van der Waals surface area contributed by atoms with E-state index >= 15 is 0 Å². The Morgan fingerprint density at radius 2 is 2.29 bits per heavy atom. The highest BCUT2D eigenvalue weighted by molar-refractivity contribution is 5.35. The van der Waals surface area contributed by atoms with Crippen LogP contribution in [0.1, 0.15) is 36.7 Å². The molecule has 1 fully saturated rings. The molecule has 0 saturated heterocycles. The average Bonchev–Trinajstić information content (AvgIpc) is 2.64. The van der Waals surface area contributed by atoms with Crippen LogP contribution in [-0.2, 0) is 12.8 Å². The van der Waals surface area contributed by atoms with Gasteiger partial charge in [0.05, 0.1) is 12.4 Å². The molecular formula is C15H20O2. The predicted molar refractivity (Wildman–Crippen MR) is 66.8 cm³/mol. The maximum Gasteiger partial charge on any atom is 0.107 e. The number of fused-ring (bicyclic) bond motifs is 2. The Morgan fingerprint density at radius 3 is 3.06 bits per heavy atom. The van der Waals surface area contributed by atoms with Gasteiger partial charge < -0.3 is 9.52 Å². The average molecular weight is 232 g/mol. The molecule has 1 saturated carbocycles. The quantitative estimate of drug-likeness (QED) is 0.697. The Morgan fingerprint density at radius 1 is 1.53 bits per heavy atom. The molecule has 3 rings (SSSR count). The van der Waals surface area contributed by atoms with E-state index in [0.717, 1.165) is 37.0 Å². The smallest absolute Gasteiger partial charge is 0.107 e. The van der Waals surface area contributed by atoms with Crippen molar-refractivity contribution < 1.29 is 9.52 Å². The fourth-order valence-corrected chi connectivity index (χ4v) is 3.61. The highest BCUT2D eigenvalue weighted by Gasteiger charge is 2.46. The highest BCUT2D eigenvalue weighted by Crippen LogP contribution is 2.51. The number of rotatable bonds is 0. The Labute approximate surface area is 102 Å². The zero-order valence-electron chi connectivity index (χ0n) is 10.6. The summed E-state index contributed by atoms with van der Waals surface area (Å²) in [5, 5.41) is 9.98. The molecule has 1 heterocycles. The van der Waals surface area contributed by atoms with Crippen LogP contribution in [-0.4, -0.2) is 11.2 Å². The molecule has 92 valence electrons. The van der Waals surface area contributed by atoms with Gasteiger partial charge in [-0.2, -0.15) is 0 Å². The van der Waals surface area contributed by atoms with Crippen molar-refractivity contribution >= 4 is 0 Å². The Kier molecular flexibility index (Phi) is 2.27. The summed E-state index contributed by atoms with van der Waals surface area (Å²) in [6.07, 6.45) is 5.46. The second-order valence-corrected chi connectivity index (χ2v) is 6.04. The number of aliphatic hydroxyl groups excluding tert-OH is 1. The fraction of sp³-hybridized carbons (Fsp3) is 0.600. The van der Waals surface area contributed by atoms with Crippen molar-refractivity contribution in [2.45, 2.75) is 45.6 Å². The third-order valence-corrected chi connectivity index (χ3v) is 4.87. The van der Waals surface area contributed by atoms with Gasteiger partial charge in [0, 0.05) is 6.42 Å². The number of hydrogen-bond acceptors (Lipinski definition) is 2. The van der Waals surface area contributed by atoms with Crippen LogP contribution >= 0.6 is 0 Å². The summed E-state index contributed by atoms with van der Waals surface area (Å²) in [7, 11) is 0. The number of aliphatic hydroxyl groups is 1. The van der Waals surface area contributed by atoms with Crippen LogP contribution in [0.2, 0.25) is 0 Å². The molecule has 0 amide bonds. The van der Waals surface area contributed by atoms with Crippen molar-refractivity contribution in [1.82, 2.24) is 0 Å². The standard InChI is InChI=1S/C15H20O2/c1-9-8-17-14-7-15(3)5-4-13(16)10(2)12(15)6-11(9)14/h8,12-13,16H,2,4-7H2,1,3H3/t12-,13+,15+/m0/s1. The lowest BCUT2D eigenvalue weighted by Crippen LogP contribution is -2.43. The van der Waals surface area contributed by atoms with Gasteiger partial charge in [-0.05, 0) is 54.2 Å². The molecule has 0 aromatic carbocycles. The second kappa shape index (κ2) is 3.49. The molecule has 0 aliphatic heterocycles. The van der Waals surface area contributed by atoms with Gasteiger partial charge >= 0.3 is 0 Å². The largest absolute Gasteiger partial charge is 0.469 e. The third kappa shape index (κ3) is 1.50. The van der Waals surface area contributed by atoms with Crippen molar-refractivity contribution in [3.63, 3.8) is 0 Å². The van der Waals surface area contributed by atoms with Gasteiger partial charge in [-0.1, -0.05) is 13.5 Å². The van der Waals surface area contributed by atoms with Crippen LogP contribution in [0.3, 0.4) is 0 Å². The first-order valence-electron chi connectivity index (χ1n) is 6.44. The van der Waals surface area contributed by atoms with Crippen LogP contribution in [0.25, 0.3) is 0 Å². The summed E-state index contributed by atoms with van der Waals surface area (Å²) in [6.45, 7) is 8.55. The maximum atomic E-state index is 9.98. The Hall–Kier alpha value is -1.02. The van der Waals surface area contributed by atoms with Gasteiger partial charge in [0.15, 0.2) is 0 Å². The Balaban J connectivity index is 2.02. The summed E-state index contributed by atoms with van der Waals surface area (Å²) in [6, 6.07) is 0. The number of hydrogen-bond donors (Lipinski definition) is 1. The predicted octanol–water partition coefficient (Wildman–Crippen LogP) is 3.02. The van der Waals surface area contributed by atoms with E-state index in [4.69, 9.17) is 4.42 Å². The highest BCUT2D eigenvalue weighted by atomic mass is 16.3. The fourth-order valence-electron chi connectivity index (χ4n) is 3.61. The summed E-state index contributed by atoms with van der Waals surface area (Å²) in [4.78, 5) is 0. The normalized spacial score (nSPS) is 36.5. The monoisotopic (exact) mass is 232 g/mol. The maximum absolute atomic E-state index is 9.98. The number of furan rings is 1. The minimum atomic E-state index is -0.304. The van der Waals surface area contributed by atoms with E-state index in [0.29, 0.717) is 5.92 Å². The van der Waals surface area contributed by atoms with E-state index in [1.54, 1.807) is 0 Å². The first-order valence-corrected chi connectivity index (χ1v) is 6.44. The zero-order valence-corrected chi connectivity index (χ0v) is 10.6. The van der Waals surface area contributed by atoms with Crippen LogP contribution in [0.15, 0.2) is 22.8 Å². The van der Waals surface area contributed by atoms with Gasteiger partial charge in [0.2, 0.25) is 0 Å². The molecular weight excluding hydrogens is 212 g/mol. The lowest BCUT2D eigenvalue weighted by atomic mass is 9.58. The van der Waals surface area contributed by atoms with Crippen LogP contribution in [0.5, 0.6) is 0 Å². The van der Waals surface area contributed by atoms with Crippen molar-refractivity contribution in [3.05, 3.63) is 35.3 Å². The second-order valence-electron chi connectivity index (χ2n) is 6.04. The lowest BCUT2D eigenvalue weighted by Gasteiger charge is -2.47. The molecule has 2 aliphatic carbocycles. The van der Waals surface area contributed by atoms with E-state index < -0.39 is 0 Å². The van der Waals surface area contributed by atoms with E-state index in [1.807, 2.05) is 6.26 Å². The van der Waals surface area contributed by atoms with E-state index in [1.165, 1.54) is 11.1 Å². The summed E-state index contributed by atoms with van der Waals surface area (Å²) in [5.41, 5.74) is 3.86. The Bertz CT molecular complexity index is 471. The van der Waals surface area contributed by atoms with Crippen LogP contribution in [0.4, 0.5) is 0 Å².